The van der Waals surface area contributed by atoms with Gasteiger partial charge in [0, 0.05) is 23.9 Å². The summed E-state index contributed by atoms with van der Waals surface area (Å²) in [7, 11) is 1.17. The van der Waals surface area contributed by atoms with E-state index in [0.717, 1.165) is 0 Å². The predicted molar refractivity (Wildman–Crippen MR) is 149 cm³/mol. The molecule has 0 aliphatic heterocycles. The van der Waals surface area contributed by atoms with Gasteiger partial charge in [0.1, 0.15) is 0 Å². The van der Waals surface area contributed by atoms with E-state index < -0.39 is 56.5 Å². The van der Waals surface area contributed by atoms with E-state index >= 15 is 0 Å². The summed E-state index contributed by atoms with van der Waals surface area (Å²) in [6, 6.07) is 8.37. The van der Waals surface area contributed by atoms with Crippen LogP contribution in [0.5, 0.6) is 5.75 Å². The van der Waals surface area contributed by atoms with Crippen LogP contribution in [-0.4, -0.2) is 56.7 Å². The van der Waals surface area contributed by atoms with E-state index in [0.29, 0.717) is 5.75 Å². The first-order valence-corrected chi connectivity index (χ1v) is 14.6. The van der Waals surface area contributed by atoms with Crippen molar-refractivity contribution in [3.63, 3.8) is 0 Å². The second kappa shape index (κ2) is 15.9. The minimum Gasteiger partial charge on any atom is -0.625 e. The summed E-state index contributed by atoms with van der Waals surface area (Å²) in [5.74, 6) is 10.6. The Morgan fingerprint density at radius 3 is 1.06 bits per heavy atom. The van der Waals surface area contributed by atoms with Crippen LogP contribution in [0.3, 0.4) is 0 Å². The smallest absolute Gasteiger partial charge is 0.625 e. The third-order valence-electron chi connectivity index (χ3n) is 5.37. The number of hydrogen-bond donors (Lipinski definition) is 0. The van der Waals surface area contributed by atoms with Crippen molar-refractivity contribution in [1.82, 2.24) is 0 Å². The van der Waals surface area contributed by atoms with Crippen LogP contribution in [0.15, 0.2) is 30.3 Å². The molecule has 0 unspecified atom stereocenters. The molecule has 270 valence electrons. The van der Waals surface area contributed by atoms with Crippen molar-refractivity contribution in [1.29, 1.82) is 36.8 Å². The van der Waals surface area contributed by atoms with Gasteiger partial charge in [0.2, 0.25) is 0 Å². The van der Waals surface area contributed by atoms with E-state index in [1.54, 1.807) is 42.3 Å². The van der Waals surface area contributed by atoms with Gasteiger partial charge in [-0.15, -0.1) is 0 Å². The Kier molecular flexibility index (Phi) is 15.2. The number of rotatable bonds is 5. The molecule has 12 nitrogen and oxygen atoms in total. The summed E-state index contributed by atoms with van der Waals surface area (Å²) in [5, 5.41) is 58.0. The Labute approximate surface area is 278 Å². The quantitative estimate of drug-likeness (QED) is 0.127. The Morgan fingerprint density at radius 2 is 0.902 bits per heavy atom. The molecule has 1 aromatic carbocycles. The van der Waals surface area contributed by atoms with Gasteiger partial charge in [0.25, 0.3) is 0 Å². The van der Waals surface area contributed by atoms with Crippen LogP contribution in [0.2, 0.25) is 0 Å². The fraction of sp³-hybridized carbons (Fsp3) is 0.273. The molecule has 1 aromatic rings. The zero-order chi connectivity index (χ0) is 41.5. The topological polar surface area (TPSA) is 198 Å². The Hall–Kier alpha value is -6.41. The maximum atomic E-state index is 12.9. The minimum atomic E-state index is -12.1. The third kappa shape index (κ3) is 9.83. The number of para-hydroxylation sites is 1. The van der Waals surface area contributed by atoms with Gasteiger partial charge in [-0.3, -0.25) is 0 Å². The molecule has 0 saturated carbocycles. The maximum Gasteiger partial charge on any atom is 0.722 e. The molecule has 0 bridgehead atoms. The average molecular weight is 758 g/mol. The van der Waals surface area contributed by atoms with Crippen LogP contribution in [0.4, 0.5) is 56.5 Å². The Balaban J connectivity index is -0.000000634. The summed E-state index contributed by atoms with van der Waals surface area (Å²) in [5.41, 5.74) is -16.4. The molecule has 0 saturated heterocycles. The number of benzene rings is 1. The van der Waals surface area contributed by atoms with Crippen molar-refractivity contribution in [3.05, 3.63) is 64.3 Å². The SMILES string of the molecule is C[P-](F)(F)(F)(C(F)(F)C(F)(F)F)C(F)(F)C(F)(F)F.[C-]#[N+][B-](C#N)(C#N)C#N.[C-]#[N+][B-](C#N)(C#N)OC.[C-]#[N+][B-](C#N)(C#N)Oc1ccccc1. The second-order valence-corrected chi connectivity index (χ2v) is 13.8. The third-order valence-corrected chi connectivity index (χ3v) is 8.84. The van der Waals surface area contributed by atoms with Crippen LogP contribution >= 0.6 is 6.88 Å². The molecule has 0 aromatic heterocycles. The molecule has 0 spiro atoms. The van der Waals surface area contributed by atoms with Gasteiger partial charge >= 0.3 is 113 Å². The van der Waals surface area contributed by atoms with Gasteiger partial charge in [-0.25, -0.2) is 36.8 Å². The molecule has 0 radical (unpaired) electrons. The predicted octanol–water partition coefficient (Wildman–Crippen LogP) is 7.38. The number of nitrogens with zero attached hydrogens (tertiary/aromatic N) is 10. The van der Waals surface area contributed by atoms with E-state index in [1.165, 1.54) is 37.0 Å². The van der Waals surface area contributed by atoms with E-state index in [1.807, 2.05) is 0 Å². The maximum absolute atomic E-state index is 12.9. The van der Waals surface area contributed by atoms with Crippen molar-refractivity contribution in [2.24, 2.45) is 0 Å². The molecule has 0 fully saturated rings. The normalized spacial score (nSPS) is 12.8. The van der Waals surface area contributed by atoms with Gasteiger partial charge in [-0.05, 0) is 37.1 Å². The number of alkyl halides is 10. The molecular formula is C22H11B3F13N10O2P-4. The Morgan fingerprint density at radius 1 is 0.588 bits per heavy atom. The van der Waals surface area contributed by atoms with Gasteiger partial charge in [-0.2, -0.15) is 0 Å². The second-order valence-electron chi connectivity index (χ2n) is 9.11. The summed E-state index contributed by atoms with van der Waals surface area (Å²) in [6.45, 7) is -0.225. The van der Waals surface area contributed by atoms with Crippen molar-refractivity contribution in [3.8, 4) is 47.5 Å². The zero-order valence-corrected chi connectivity index (χ0v) is 25.7. The molecule has 0 atom stereocenters. The summed E-state index contributed by atoms with van der Waals surface area (Å²) < 4.78 is 175. The van der Waals surface area contributed by atoms with Crippen molar-refractivity contribution in [2.75, 3.05) is 13.8 Å². The minimum absolute atomic E-state index is 0.353. The zero-order valence-electron chi connectivity index (χ0n) is 24.8. The number of halogens is 13. The summed E-state index contributed by atoms with van der Waals surface area (Å²) in [4.78, 5) is 0. The molecule has 0 amide bonds. The fourth-order valence-electron chi connectivity index (χ4n) is 2.12. The Bertz CT molecular complexity index is 1710. The van der Waals surface area contributed by atoms with Gasteiger partial charge < -0.3 is 43.3 Å². The summed E-state index contributed by atoms with van der Waals surface area (Å²) >= 11 is 0. The van der Waals surface area contributed by atoms with Gasteiger partial charge in [0.15, 0.2) is 0 Å². The monoisotopic (exact) mass is 758 g/mol. The van der Waals surface area contributed by atoms with E-state index in [9.17, 15) is 56.5 Å². The molecule has 51 heavy (non-hydrogen) atoms. The molecule has 29 heteroatoms. The van der Waals surface area contributed by atoms with Crippen molar-refractivity contribution >= 4 is 26.1 Å². The van der Waals surface area contributed by atoms with Crippen molar-refractivity contribution in [2.45, 2.75) is 23.7 Å². The number of nitriles is 7. The summed E-state index contributed by atoms with van der Waals surface area (Å²) in [6.07, 6.45) is -18.0. The van der Waals surface area contributed by atoms with Crippen LogP contribution in [-0.2, 0) is 4.65 Å². The fourth-order valence-corrected chi connectivity index (χ4v) is 3.81. The first kappa shape index (κ1) is 49.0. The van der Waals surface area contributed by atoms with Crippen LogP contribution in [0.1, 0.15) is 0 Å². The molecule has 1 rings (SSSR count). The average Bonchev–Trinajstić information content (AvgIpc) is 3.06. The largest absolute Gasteiger partial charge is 0.722 e. The standard InChI is InChI=1S/C9H5BN3O.C5H3F13P.C4BN4.C4H3BN3O/c1-13-10(7-11,8-12)14-9-5-3-2-4-6-9;1-19(16,17,18,4(12,13)2(6,7)8)5(14,15)3(9,10)11;1-9-5(2-6,3-7)4-8;1-8-5(3-6,4-7)9-2/h2-6H;1H3;;2H3/q4*-1. The van der Waals surface area contributed by atoms with E-state index in [2.05, 4.69) is 18.9 Å². The van der Waals surface area contributed by atoms with Crippen molar-refractivity contribution < 1.29 is 65.8 Å². The van der Waals surface area contributed by atoms with E-state index in [-0.39, 0.29) is 0 Å². The molecular weight excluding hydrogens is 747 g/mol. The first-order valence-electron chi connectivity index (χ1n) is 11.8. The van der Waals surface area contributed by atoms with Crippen LogP contribution in [0, 0.1) is 98.3 Å². The molecule has 0 aliphatic carbocycles. The molecule has 0 heterocycles. The van der Waals surface area contributed by atoms with E-state index in [4.69, 9.17) is 61.2 Å². The van der Waals surface area contributed by atoms with Crippen LogP contribution in [0.25, 0.3) is 14.3 Å². The molecule has 0 aliphatic rings. The molecule has 0 N–H and O–H groups in total. The number of hydrogen-bond acceptors (Lipinski definition) is 9. The van der Waals surface area contributed by atoms with Crippen LogP contribution < -0.4 is 4.65 Å². The van der Waals surface area contributed by atoms with Gasteiger partial charge in [0.05, 0.1) is 5.75 Å². The van der Waals surface area contributed by atoms with Gasteiger partial charge in [-0.1, -0.05) is 18.2 Å². The first-order chi connectivity index (χ1) is 22.8.